The molecular weight excluding hydrogens is 334 g/mol. The van der Waals surface area contributed by atoms with Crippen LogP contribution in [0.5, 0.6) is 11.5 Å². The number of rotatable bonds is 4. The van der Waals surface area contributed by atoms with Crippen molar-refractivity contribution in [1.29, 1.82) is 0 Å². The summed E-state index contributed by atoms with van der Waals surface area (Å²) in [5.41, 5.74) is 2.15. The van der Waals surface area contributed by atoms with Crippen molar-refractivity contribution in [3.05, 3.63) is 35.2 Å². The molecular formula is C18H23N5O3. The second-order valence-corrected chi connectivity index (χ2v) is 6.76. The molecule has 3 heterocycles. The van der Waals surface area contributed by atoms with E-state index in [2.05, 4.69) is 20.9 Å². The van der Waals surface area contributed by atoms with Crippen LogP contribution in [0.25, 0.3) is 0 Å². The molecule has 2 aliphatic heterocycles. The lowest BCUT2D eigenvalue weighted by Crippen LogP contribution is -2.31. The van der Waals surface area contributed by atoms with Crippen LogP contribution < -0.4 is 20.1 Å². The zero-order chi connectivity index (χ0) is 18.1. The molecule has 1 amide bonds. The molecule has 2 aromatic rings. The van der Waals surface area contributed by atoms with Gasteiger partial charge in [0.1, 0.15) is 0 Å². The molecule has 0 saturated carbocycles. The molecule has 1 atom stereocenters. The fraction of sp³-hybridized carbons (Fsp3) is 0.500. The Balaban J connectivity index is 1.47. The molecule has 2 N–H and O–H groups in total. The van der Waals surface area contributed by atoms with Crippen LogP contribution >= 0.6 is 0 Å². The van der Waals surface area contributed by atoms with E-state index in [1.165, 1.54) is 0 Å². The van der Waals surface area contributed by atoms with Gasteiger partial charge in [0.15, 0.2) is 17.2 Å². The smallest absolute Gasteiger partial charge is 0.274 e. The number of fused-ring (bicyclic) bond motifs is 1. The number of nitrogens with zero attached hydrogens (tertiary/aromatic N) is 3. The maximum absolute atomic E-state index is 12.7. The van der Waals surface area contributed by atoms with E-state index in [0.29, 0.717) is 17.5 Å². The maximum Gasteiger partial charge on any atom is 0.274 e. The van der Waals surface area contributed by atoms with Crippen LogP contribution in [0.1, 0.15) is 53.6 Å². The third kappa shape index (κ3) is 3.12. The number of aromatic nitrogens is 3. The van der Waals surface area contributed by atoms with Gasteiger partial charge in [-0.25, -0.2) is 4.68 Å². The van der Waals surface area contributed by atoms with Gasteiger partial charge in [0.25, 0.3) is 5.91 Å². The van der Waals surface area contributed by atoms with Crippen LogP contribution in [0, 0.1) is 6.92 Å². The molecule has 2 aliphatic rings. The summed E-state index contributed by atoms with van der Waals surface area (Å²) < 4.78 is 12.6. The average Bonchev–Trinajstić information content (AvgIpc) is 3.28. The number of benzene rings is 1. The van der Waals surface area contributed by atoms with E-state index in [4.69, 9.17) is 9.47 Å². The molecule has 1 aromatic heterocycles. The number of hydrogen-bond donors (Lipinski definition) is 2. The summed E-state index contributed by atoms with van der Waals surface area (Å²) >= 11 is 0. The highest BCUT2D eigenvalue weighted by Gasteiger charge is 2.24. The number of hydrogen-bond acceptors (Lipinski definition) is 6. The second-order valence-electron chi connectivity index (χ2n) is 6.76. The average molecular weight is 357 g/mol. The molecule has 138 valence electrons. The van der Waals surface area contributed by atoms with Gasteiger partial charge >= 0.3 is 0 Å². The van der Waals surface area contributed by atoms with Gasteiger partial charge in [-0.2, -0.15) is 0 Å². The number of carbonyl (C=O) groups is 1. The van der Waals surface area contributed by atoms with Gasteiger partial charge in [-0.15, -0.1) is 5.10 Å². The highest BCUT2D eigenvalue weighted by Crippen LogP contribution is 2.34. The lowest BCUT2D eigenvalue weighted by Gasteiger charge is -2.23. The largest absolute Gasteiger partial charge is 0.454 e. The molecule has 8 nitrogen and oxygen atoms in total. The standard InChI is InChI=1S/C18H23N5O3/c1-11(13-3-4-15-16(9-13)26-10-25-15)20-18(24)17-12(2)23(22-21-17)14-5-7-19-8-6-14/h3-4,9,11,14,19H,5-8,10H2,1-2H3,(H,20,24). The first-order valence-corrected chi connectivity index (χ1v) is 8.96. The minimum Gasteiger partial charge on any atom is -0.454 e. The van der Waals surface area contributed by atoms with Gasteiger partial charge in [-0.3, -0.25) is 4.79 Å². The van der Waals surface area contributed by atoms with Crippen LogP contribution in [0.2, 0.25) is 0 Å². The zero-order valence-corrected chi connectivity index (χ0v) is 15.0. The first-order chi connectivity index (χ1) is 12.6. The minimum atomic E-state index is -0.215. The van der Waals surface area contributed by atoms with E-state index in [0.717, 1.165) is 42.9 Å². The molecule has 0 spiro atoms. The van der Waals surface area contributed by atoms with Gasteiger partial charge in [0.05, 0.1) is 17.8 Å². The van der Waals surface area contributed by atoms with Crippen molar-refractivity contribution in [2.75, 3.05) is 19.9 Å². The predicted octanol–water partition coefficient (Wildman–Crippen LogP) is 1.73. The number of amides is 1. The van der Waals surface area contributed by atoms with Crippen molar-refractivity contribution < 1.29 is 14.3 Å². The molecule has 0 radical (unpaired) electrons. The Morgan fingerprint density at radius 1 is 1.31 bits per heavy atom. The summed E-state index contributed by atoms with van der Waals surface area (Å²) in [7, 11) is 0. The lowest BCUT2D eigenvalue weighted by atomic mass is 10.1. The Hall–Kier alpha value is -2.61. The molecule has 1 saturated heterocycles. The first-order valence-electron chi connectivity index (χ1n) is 8.96. The Bertz CT molecular complexity index is 813. The van der Waals surface area contributed by atoms with Gasteiger partial charge in [0, 0.05) is 0 Å². The highest BCUT2D eigenvalue weighted by molar-refractivity contribution is 5.93. The quantitative estimate of drug-likeness (QED) is 0.866. The van der Waals surface area contributed by atoms with E-state index in [9.17, 15) is 4.79 Å². The molecule has 0 bridgehead atoms. The molecule has 1 fully saturated rings. The van der Waals surface area contributed by atoms with Gasteiger partial charge < -0.3 is 20.1 Å². The van der Waals surface area contributed by atoms with Crippen molar-refractivity contribution in [1.82, 2.24) is 25.6 Å². The lowest BCUT2D eigenvalue weighted by molar-refractivity contribution is 0.0934. The molecule has 0 aliphatic carbocycles. The second kappa shape index (κ2) is 6.95. The van der Waals surface area contributed by atoms with Crippen molar-refractivity contribution in [3.8, 4) is 11.5 Å². The third-order valence-corrected chi connectivity index (χ3v) is 5.04. The topological polar surface area (TPSA) is 90.3 Å². The van der Waals surface area contributed by atoms with E-state index in [1.807, 2.05) is 36.7 Å². The van der Waals surface area contributed by atoms with Crippen LogP contribution in [0.3, 0.4) is 0 Å². The van der Waals surface area contributed by atoms with Gasteiger partial charge in [0.2, 0.25) is 6.79 Å². The summed E-state index contributed by atoms with van der Waals surface area (Å²) in [5, 5.41) is 14.7. The van der Waals surface area contributed by atoms with E-state index >= 15 is 0 Å². The highest BCUT2D eigenvalue weighted by atomic mass is 16.7. The van der Waals surface area contributed by atoms with Crippen molar-refractivity contribution in [2.24, 2.45) is 0 Å². The Morgan fingerprint density at radius 3 is 2.88 bits per heavy atom. The number of carbonyl (C=O) groups excluding carboxylic acids is 1. The SMILES string of the molecule is Cc1c(C(=O)NC(C)c2ccc3c(c2)OCO3)nnn1C1CCNCC1. The molecule has 1 unspecified atom stereocenters. The third-order valence-electron chi connectivity index (χ3n) is 5.04. The fourth-order valence-electron chi connectivity index (χ4n) is 3.48. The van der Waals surface area contributed by atoms with Crippen molar-refractivity contribution >= 4 is 5.91 Å². The molecule has 8 heteroatoms. The Morgan fingerprint density at radius 2 is 2.08 bits per heavy atom. The van der Waals surface area contributed by atoms with Crippen LogP contribution in [-0.4, -0.2) is 40.8 Å². The van der Waals surface area contributed by atoms with Crippen molar-refractivity contribution in [3.63, 3.8) is 0 Å². The van der Waals surface area contributed by atoms with Crippen LogP contribution in [0.4, 0.5) is 0 Å². The summed E-state index contributed by atoms with van der Waals surface area (Å²) in [6.45, 7) is 6.00. The molecule has 4 rings (SSSR count). The Labute approximate surface area is 151 Å². The molecule has 1 aromatic carbocycles. The maximum atomic E-state index is 12.7. The zero-order valence-electron chi connectivity index (χ0n) is 15.0. The van der Waals surface area contributed by atoms with E-state index in [-0.39, 0.29) is 18.7 Å². The van der Waals surface area contributed by atoms with Crippen LogP contribution in [0.15, 0.2) is 18.2 Å². The van der Waals surface area contributed by atoms with Crippen molar-refractivity contribution in [2.45, 2.75) is 38.8 Å². The fourth-order valence-corrected chi connectivity index (χ4v) is 3.48. The first kappa shape index (κ1) is 16.8. The van der Waals surface area contributed by atoms with Crippen LogP contribution in [-0.2, 0) is 0 Å². The molecule has 26 heavy (non-hydrogen) atoms. The normalized spacial score (nSPS) is 17.9. The summed E-state index contributed by atoms with van der Waals surface area (Å²) in [4.78, 5) is 12.7. The Kier molecular flexibility index (Phi) is 4.50. The minimum absolute atomic E-state index is 0.180. The summed E-state index contributed by atoms with van der Waals surface area (Å²) in [6, 6.07) is 5.80. The number of piperidine rings is 1. The summed E-state index contributed by atoms with van der Waals surface area (Å²) in [6.07, 6.45) is 2.00. The van der Waals surface area contributed by atoms with E-state index in [1.54, 1.807) is 0 Å². The predicted molar refractivity (Wildman–Crippen MR) is 94.3 cm³/mol. The monoisotopic (exact) mass is 357 g/mol. The summed E-state index contributed by atoms with van der Waals surface area (Å²) in [5.74, 6) is 1.22. The van der Waals surface area contributed by atoms with Gasteiger partial charge in [-0.1, -0.05) is 11.3 Å². The van der Waals surface area contributed by atoms with Gasteiger partial charge in [-0.05, 0) is 57.5 Å². The number of ether oxygens (including phenoxy) is 2. The van der Waals surface area contributed by atoms with E-state index < -0.39 is 0 Å². The number of nitrogens with one attached hydrogen (secondary N) is 2.